The summed E-state index contributed by atoms with van der Waals surface area (Å²) < 4.78 is 0. The molecule has 238 valence electrons. The SMILES string of the molecule is C=Cc1cccnc1.c1cncc(-c2ccc(-c3nc(-c4ccc(-c5cccnc5)cc4)nc(-c4ccc(-c5cccnc5)cc4)n3)cc2)c1. The van der Waals surface area contributed by atoms with Crippen LogP contribution in [-0.2, 0) is 0 Å². The topological polar surface area (TPSA) is 90.2 Å². The summed E-state index contributed by atoms with van der Waals surface area (Å²) in [5.41, 5.74) is 10.2. The van der Waals surface area contributed by atoms with Crippen molar-refractivity contribution in [2.75, 3.05) is 0 Å². The van der Waals surface area contributed by atoms with Crippen molar-refractivity contribution in [1.82, 2.24) is 34.9 Å². The molecule has 5 heterocycles. The fraction of sp³-hybridized carbons (Fsp3) is 0. The molecular formula is C43H31N7. The van der Waals surface area contributed by atoms with E-state index in [9.17, 15) is 0 Å². The molecule has 7 heteroatoms. The van der Waals surface area contributed by atoms with Crippen molar-refractivity contribution in [2.45, 2.75) is 0 Å². The monoisotopic (exact) mass is 645 g/mol. The van der Waals surface area contributed by atoms with Crippen molar-refractivity contribution in [3.8, 4) is 67.5 Å². The molecule has 0 aliphatic carbocycles. The molecule has 5 aromatic heterocycles. The smallest absolute Gasteiger partial charge is 0.164 e. The number of benzene rings is 3. The molecule has 8 aromatic rings. The van der Waals surface area contributed by atoms with Crippen LogP contribution in [-0.4, -0.2) is 34.9 Å². The Balaban J connectivity index is 0.000000433. The van der Waals surface area contributed by atoms with Crippen LogP contribution in [0.1, 0.15) is 5.56 Å². The Labute approximate surface area is 290 Å². The molecule has 3 aromatic carbocycles. The highest BCUT2D eigenvalue weighted by Crippen LogP contribution is 2.29. The van der Waals surface area contributed by atoms with E-state index in [1.54, 1.807) is 37.1 Å². The van der Waals surface area contributed by atoms with Crippen molar-refractivity contribution in [1.29, 1.82) is 0 Å². The van der Waals surface area contributed by atoms with Gasteiger partial charge in [0, 0.05) is 66.3 Å². The molecule has 0 saturated heterocycles. The summed E-state index contributed by atoms with van der Waals surface area (Å²) in [5.74, 6) is 1.83. The maximum absolute atomic E-state index is 4.91. The Morgan fingerprint density at radius 1 is 0.320 bits per heavy atom. The summed E-state index contributed by atoms with van der Waals surface area (Å²) in [6.07, 6.45) is 16.2. The number of rotatable bonds is 7. The highest BCUT2D eigenvalue weighted by Gasteiger charge is 2.13. The molecule has 0 atom stereocenters. The molecule has 0 fully saturated rings. The zero-order valence-electron chi connectivity index (χ0n) is 27.1. The van der Waals surface area contributed by atoms with Crippen LogP contribution in [0.2, 0.25) is 0 Å². The summed E-state index contributed by atoms with van der Waals surface area (Å²) >= 11 is 0. The minimum Gasteiger partial charge on any atom is -0.264 e. The fourth-order valence-electron chi connectivity index (χ4n) is 5.30. The average Bonchev–Trinajstić information content (AvgIpc) is 3.22. The Hall–Kier alpha value is -6.99. The van der Waals surface area contributed by atoms with Gasteiger partial charge < -0.3 is 0 Å². The van der Waals surface area contributed by atoms with Gasteiger partial charge >= 0.3 is 0 Å². The van der Waals surface area contributed by atoms with Crippen LogP contribution in [0.3, 0.4) is 0 Å². The quantitative estimate of drug-likeness (QED) is 0.170. The average molecular weight is 646 g/mol. The Morgan fingerprint density at radius 2 is 0.620 bits per heavy atom. The summed E-state index contributed by atoms with van der Waals surface area (Å²) in [6.45, 7) is 3.59. The first-order valence-electron chi connectivity index (χ1n) is 16.0. The van der Waals surface area contributed by atoms with E-state index in [-0.39, 0.29) is 0 Å². The standard InChI is InChI=1S/C36H24N6.C7H7N/c1-4-31(22-37-19-1)25-7-13-28(14-8-25)34-40-35(29-15-9-26(10-16-29)32-5-2-20-38-23-32)42-36(41-34)30-17-11-27(12-18-30)33-6-3-21-39-24-33;1-2-7-4-3-5-8-6-7/h1-24H;2-6H,1H2. The molecule has 50 heavy (non-hydrogen) atoms. The number of nitrogens with zero attached hydrogens (tertiary/aromatic N) is 7. The molecule has 0 amide bonds. The van der Waals surface area contributed by atoms with Crippen molar-refractivity contribution in [2.24, 2.45) is 0 Å². The van der Waals surface area contributed by atoms with E-state index in [1.807, 2.05) is 104 Å². The van der Waals surface area contributed by atoms with Gasteiger partial charge in [-0.05, 0) is 63.2 Å². The van der Waals surface area contributed by atoms with Gasteiger partial charge in [0.1, 0.15) is 0 Å². The Bertz CT molecular complexity index is 2040. The molecular weight excluding hydrogens is 615 g/mol. The molecule has 0 unspecified atom stereocenters. The van der Waals surface area contributed by atoms with Crippen LogP contribution in [0, 0.1) is 0 Å². The molecule has 8 rings (SSSR count). The second kappa shape index (κ2) is 15.3. The zero-order chi connectivity index (χ0) is 34.0. The van der Waals surface area contributed by atoms with Crippen LogP contribution >= 0.6 is 0 Å². The highest BCUT2D eigenvalue weighted by molar-refractivity contribution is 5.73. The highest BCUT2D eigenvalue weighted by atomic mass is 15.0. The largest absolute Gasteiger partial charge is 0.264 e. The van der Waals surface area contributed by atoms with Gasteiger partial charge in [0.15, 0.2) is 17.5 Å². The first kappa shape index (κ1) is 31.6. The third-order valence-electron chi connectivity index (χ3n) is 7.97. The molecule has 0 radical (unpaired) electrons. The number of pyridine rings is 4. The second-order valence-corrected chi connectivity index (χ2v) is 11.3. The van der Waals surface area contributed by atoms with Gasteiger partial charge in [0.05, 0.1) is 0 Å². The predicted molar refractivity (Wildman–Crippen MR) is 200 cm³/mol. The van der Waals surface area contributed by atoms with Gasteiger partial charge in [-0.2, -0.15) is 0 Å². The van der Waals surface area contributed by atoms with E-state index < -0.39 is 0 Å². The predicted octanol–water partition coefficient (Wildman–Crippen LogP) is 9.78. The van der Waals surface area contributed by atoms with Gasteiger partial charge in [0.2, 0.25) is 0 Å². The minimum absolute atomic E-state index is 0.611. The third-order valence-corrected chi connectivity index (χ3v) is 7.97. The van der Waals surface area contributed by atoms with Gasteiger partial charge in [-0.1, -0.05) is 110 Å². The maximum Gasteiger partial charge on any atom is 0.164 e. The van der Waals surface area contributed by atoms with E-state index in [4.69, 9.17) is 15.0 Å². The number of hydrogen-bond acceptors (Lipinski definition) is 7. The molecule has 0 N–H and O–H groups in total. The lowest BCUT2D eigenvalue weighted by Gasteiger charge is -2.10. The van der Waals surface area contributed by atoms with E-state index in [2.05, 4.69) is 62.9 Å². The first-order chi connectivity index (χ1) is 24.7. The lowest BCUT2D eigenvalue weighted by atomic mass is 10.0. The van der Waals surface area contributed by atoms with Crippen LogP contribution < -0.4 is 0 Å². The third kappa shape index (κ3) is 7.59. The van der Waals surface area contributed by atoms with Crippen LogP contribution in [0.4, 0.5) is 0 Å². The number of hydrogen-bond donors (Lipinski definition) is 0. The van der Waals surface area contributed by atoms with E-state index in [1.165, 1.54) is 0 Å². The summed E-state index contributed by atoms with van der Waals surface area (Å²) in [7, 11) is 0. The van der Waals surface area contributed by atoms with Crippen molar-refractivity contribution < 1.29 is 0 Å². The fourth-order valence-corrected chi connectivity index (χ4v) is 5.30. The van der Waals surface area contributed by atoms with Crippen LogP contribution in [0.25, 0.3) is 73.6 Å². The van der Waals surface area contributed by atoms with E-state index in [0.717, 1.165) is 55.6 Å². The van der Waals surface area contributed by atoms with E-state index >= 15 is 0 Å². The normalized spacial score (nSPS) is 10.5. The lowest BCUT2D eigenvalue weighted by Crippen LogP contribution is -2.00. The summed E-state index contributed by atoms with van der Waals surface area (Å²) in [4.78, 5) is 31.4. The summed E-state index contributed by atoms with van der Waals surface area (Å²) in [6, 6.07) is 40.5. The molecule has 0 saturated carbocycles. The van der Waals surface area contributed by atoms with Gasteiger partial charge in [0.25, 0.3) is 0 Å². The van der Waals surface area contributed by atoms with Crippen LogP contribution in [0.15, 0.2) is 177 Å². The minimum atomic E-state index is 0.611. The molecule has 0 aliphatic heterocycles. The van der Waals surface area contributed by atoms with Crippen molar-refractivity contribution >= 4 is 6.08 Å². The van der Waals surface area contributed by atoms with E-state index in [0.29, 0.717) is 17.5 Å². The lowest BCUT2D eigenvalue weighted by molar-refractivity contribution is 1.07. The Kier molecular flexibility index (Phi) is 9.65. The maximum atomic E-state index is 4.91. The van der Waals surface area contributed by atoms with Crippen molar-refractivity contribution in [3.05, 3.63) is 183 Å². The van der Waals surface area contributed by atoms with Gasteiger partial charge in [-0.3, -0.25) is 19.9 Å². The molecule has 7 nitrogen and oxygen atoms in total. The first-order valence-corrected chi connectivity index (χ1v) is 16.0. The zero-order valence-corrected chi connectivity index (χ0v) is 27.1. The van der Waals surface area contributed by atoms with Gasteiger partial charge in [-0.25, -0.2) is 15.0 Å². The molecule has 0 spiro atoms. The molecule has 0 aliphatic rings. The van der Waals surface area contributed by atoms with Crippen molar-refractivity contribution in [3.63, 3.8) is 0 Å². The van der Waals surface area contributed by atoms with Crippen LogP contribution in [0.5, 0.6) is 0 Å². The summed E-state index contributed by atoms with van der Waals surface area (Å²) in [5, 5.41) is 0. The van der Waals surface area contributed by atoms with Gasteiger partial charge in [-0.15, -0.1) is 0 Å². The molecule has 0 bridgehead atoms. The second-order valence-electron chi connectivity index (χ2n) is 11.3. The number of aromatic nitrogens is 7. The Morgan fingerprint density at radius 3 is 0.860 bits per heavy atom.